The highest BCUT2D eigenvalue weighted by molar-refractivity contribution is 5.85. The average molecular weight is 328 g/mol. The molecule has 1 fully saturated rings. The Morgan fingerprint density at radius 3 is 2.54 bits per heavy atom. The minimum Gasteiger partial charge on any atom is -0.497 e. The van der Waals surface area contributed by atoms with Crippen molar-refractivity contribution < 1.29 is 9.13 Å². The Labute approximate surface area is 145 Å². The molecule has 0 atom stereocenters. The summed E-state index contributed by atoms with van der Waals surface area (Å²) in [6.45, 7) is 2.26. The van der Waals surface area contributed by atoms with Crippen molar-refractivity contribution in [1.82, 2.24) is 0 Å². The largest absolute Gasteiger partial charge is 0.497 e. The van der Waals surface area contributed by atoms with Crippen LogP contribution in [0.4, 0.5) is 4.39 Å². The molecule has 0 spiro atoms. The summed E-state index contributed by atoms with van der Waals surface area (Å²) in [5, 5.41) is 1.64. The van der Waals surface area contributed by atoms with Gasteiger partial charge in [-0.3, -0.25) is 0 Å². The zero-order valence-electron chi connectivity index (χ0n) is 15.0. The van der Waals surface area contributed by atoms with Gasteiger partial charge in [-0.15, -0.1) is 0 Å². The van der Waals surface area contributed by atoms with E-state index in [-0.39, 0.29) is 5.82 Å². The van der Waals surface area contributed by atoms with E-state index in [1.807, 2.05) is 30.3 Å². The summed E-state index contributed by atoms with van der Waals surface area (Å²) < 4.78 is 20.2. The molecule has 0 aromatic heterocycles. The SMILES string of the molecule is CCCCCC1CCC(c2ccc3cc(OC)ccc3c2F)CC1. The maximum Gasteiger partial charge on any atom is 0.134 e. The van der Waals surface area contributed by atoms with Crippen molar-refractivity contribution in [1.29, 1.82) is 0 Å². The van der Waals surface area contributed by atoms with Crippen LogP contribution in [0.25, 0.3) is 10.8 Å². The van der Waals surface area contributed by atoms with Gasteiger partial charge in [-0.25, -0.2) is 4.39 Å². The van der Waals surface area contributed by atoms with E-state index in [2.05, 4.69) is 6.92 Å². The quantitative estimate of drug-likeness (QED) is 0.527. The van der Waals surface area contributed by atoms with Gasteiger partial charge < -0.3 is 4.74 Å². The number of methoxy groups -OCH3 is 1. The van der Waals surface area contributed by atoms with E-state index >= 15 is 0 Å². The molecular formula is C22H29FO. The molecule has 0 unspecified atom stereocenters. The first kappa shape index (κ1) is 17.3. The van der Waals surface area contributed by atoms with Crippen molar-refractivity contribution in [2.75, 3.05) is 7.11 Å². The predicted octanol–water partition coefficient (Wildman–Crippen LogP) is 6.84. The van der Waals surface area contributed by atoms with Gasteiger partial charge in [-0.2, -0.15) is 0 Å². The van der Waals surface area contributed by atoms with Crippen LogP contribution in [0.15, 0.2) is 30.3 Å². The van der Waals surface area contributed by atoms with E-state index < -0.39 is 0 Å². The van der Waals surface area contributed by atoms with Gasteiger partial charge in [0, 0.05) is 5.39 Å². The Morgan fingerprint density at radius 2 is 1.83 bits per heavy atom. The minimum atomic E-state index is -0.0235. The Hall–Kier alpha value is -1.57. The van der Waals surface area contributed by atoms with Gasteiger partial charge >= 0.3 is 0 Å². The Bertz CT molecular complexity index is 671. The predicted molar refractivity (Wildman–Crippen MR) is 99.3 cm³/mol. The zero-order valence-corrected chi connectivity index (χ0v) is 15.0. The second kappa shape index (κ2) is 8.00. The Morgan fingerprint density at radius 1 is 1.04 bits per heavy atom. The summed E-state index contributed by atoms with van der Waals surface area (Å²) in [6.07, 6.45) is 10.2. The first-order valence-electron chi connectivity index (χ1n) is 9.49. The molecule has 3 rings (SSSR count). The molecule has 0 bridgehead atoms. The van der Waals surface area contributed by atoms with Crippen LogP contribution in [0.2, 0.25) is 0 Å². The van der Waals surface area contributed by atoms with Crippen molar-refractivity contribution >= 4 is 10.8 Å². The van der Waals surface area contributed by atoms with Gasteiger partial charge in [0.1, 0.15) is 11.6 Å². The van der Waals surface area contributed by atoms with E-state index in [1.165, 1.54) is 38.5 Å². The summed E-state index contributed by atoms with van der Waals surface area (Å²) >= 11 is 0. The van der Waals surface area contributed by atoms with Crippen molar-refractivity contribution in [3.8, 4) is 5.75 Å². The molecule has 0 amide bonds. The fourth-order valence-electron chi connectivity index (χ4n) is 4.17. The van der Waals surface area contributed by atoms with Gasteiger partial charge in [0.2, 0.25) is 0 Å². The second-order valence-electron chi connectivity index (χ2n) is 7.27. The average Bonchev–Trinajstić information content (AvgIpc) is 2.63. The molecule has 1 saturated carbocycles. The summed E-state index contributed by atoms with van der Waals surface area (Å²) in [5.41, 5.74) is 0.916. The molecule has 2 heteroatoms. The molecule has 1 nitrogen and oxygen atoms in total. The van der Waals surface area contributed by atoms with Crippen molar-refractivity contribution in [2.45, 2.75) is 64.2 Å². The molecule has 0 aliphatic heterocycles. The lowest BCUT2D eigenvalue weighted by atomic mass is 9.76. The van der Waals surface area contributed by atoms with Crippen molar-refractivity contribution in [2.24, 2.45) is 5.92 Å². The molecule has 0 N–H and O–H groups in total. The van der Waals surface area contributed by atoms with Crippen LogP contribution in [0.5, 0.6) is 5.75 Å². The fraction of sp³-hybridized carbons (Fsp3) is 0.545. The van der Waals surface area contributed by atoms with Crippen LogP contribution in [-0.4, -0.2) is 7.11 Å². The van der Waals surface area contributed by atoms with E-state index in [9.17, 15) is 4.39 Å². The van der Waals surface area contributed by atoms with Crippen LogP contribution in [-0.2, 0) is 0 Å². The van der Waals surface area contributed by atoms with Crippen LogP contribution >= 0.6 is 0 Å². The summed E-state index contributed by atoms with van der Waals surface area (Å²) in [7, 11) is 1.64. The molecule has 24 heavy (non-hydrogen) atoms. The second-order valence-corrected chi connectivity index (χ2v) is 7.27. The van der Waals surface area contributed by atoms with E-state index in [0.717, 1.165) is 40.8 Å². The number of ether oxygens (including phenoxy) is 1. The van der Waals surface area contributed by atoms with E-state index in [4.69, 9.17) is 4.74 Å². The van der Waals surface area contributed by atoms with Crippen LogP contribution in [0, 0.1) is 11.7 Å². The van der Waals surface area contributed by atoms with Crippen LogP contribution < -0.4 is 4.74 Å². The van der Waals surface area contributed by atoms with Gasteiger partial charge in [0.25, 0.3) is 0 Å². The monoisotopic (exact) mass is 328 g/mol. The third kappa shape index (κ3) is 3.74. The maximum atomic E-state index is 15.0. The van der Waals surface area contributed by atoms with Gasteiger partial charge in [0.05, 0.1) is 7.11 Å². The Kier molecular flexibility index (Phi) is 5.76. The number of halogens is 1. The lowest BCUT2D eigenvalue weighted by molar-refractivity contribution is 0.299. The molecule has 0 saturated heterocycles. The lowest BCUT2D eigenvalue weighted by Gasteiger charge is -2.29. The fourth-order valence-corrected chi connectivity index (χ4v) is 4.17. The smallest absolute Gasteiger partial charge is 0.134 e. The van der Waals surface area contributed by atoms with Crippen molar-refractivity contribution in [3.63, 3.8) is 0 Å². The third-order valence-electron chi connectivity index (χ3n) is 5.69. The number of hydrogen-bond acceptors (Lipinski definition) is 1. The number of unbranched alkanes of at least 4 members (excludes halogenated alkanes) is 2. The highest BCUT2D eigenvalue weighted by atomic mass is 19.1. The van der Waals surface area contributed by atoms with E-state index in [1.54, 1.807) is 7.11 Å². The molecule has 1 aliphatic carbocycles. The number of benzene rings is 2. The molecule has 130 valence electrons. The highest BCUT2D eigenvalue weighted by Gasteiger charge is 2.24. The van der Waals surface area contributed by atoms with Crippen molar-refractivity contribution in [3.05, 3.63) is 41.7 Å². The van der Waals surface area contributed by atoms with Gasteiger partial charge in [0.15, 0.2) is 0 Å². The molecule has 2 aromatic rings. The maximum absolute atomic E-state index is 15.0. The third-order valence-corrected chi connectivity index (χ3v) is 5.69. The molecular weight excluding hydrogens is 299 g/mol. The number of fused-ring (bicyclic) bond motifs is 1. The number of rotatable bonds is 6. The highest BCUT2D eigenvalue weighted by Crippen LogP contribution is 2.40. The van der Waals surface area contributed by atoms with Crippen LogP contribution in [0.1, 0.15) is 69.8 Å². The first-order chi connectivity index (χ1) is 11.7. The summed E-state index contributed by atoms with van der Waals surface area (Å²) in [6, 6.07) is 9.65. The van der Waals surface area contributed by atoms with E-state index in [0.29, 0.717) is 5.92 Å². The molecule has 2 aromatic carbocycles. The summed E-state index contributed by atoms with van der Waals surface area (Å²) in [5.74, 6) is 2.01. The van der Waals surface area contributed by atoms with Crippen LogP contribution in [0.3, 0.4) is 0 Å². The molecule has 0 radical (unpaired) electrons. The first-order valence-corrected chi connectivity index (χ1v) is 9.49. The standard InChI is InChI=1S/C22H29FO/c1-3-4-5-6-16-7-9-17(10-8-16)20-13-11-18-15-19(24-2)12-14-21(18)22(20)23/h11-17H,3-10H2,1-2H3. The normalized spacial score (nSPS) is 21.1. The number of hydrogen-bond donors (Lipinski definition) is 0. The summed E-state index contributed by atoms with van der Waals surface area (Å²) in [4.78, 5) is 0. The Balaban J connectivity index is 1.70. The molecule has 0 heterocycles. The lowest BCUT2D eigenvalue weighted by Crippen LogP contribution is -2.14. The minimum absolute atomic E-state index is 0.0235. The molecule has 1 aliphatic rings. The topological polar surface area (TPSA) is 9.23 Å². The van der Waals surface area contributed by atoms with Gasteiger partial charge in [-0.1, -0.05) is 44.7 Å². The van der Waals surface area contributed by atoms with Gasteiger partial charge in [-0.05, 0) is 66.7 Å². The zero-order chi connectivity index (χ0) is 16.9.